The van der Waals surface area contributed by atoms with E-state index >= 15 is 0 Å². The highest BCUT2D eigenvalue weighted by molar-refractivity contribution is 6.42. The lowest BCUT2D eigenvalue weighted by atomic mass is 9.90. The molecule has 1 aliphatic heterocycles. The van der Waals surface area contributed by atoms with Gasteiger partial charge >= 0.3 is 6.09 Å². The number of nitrogens with zero attached hydrogens (tertiary/aromatic N) is 5. The Morgan fingerprint density at radius 2 is 1.79 bits per heavy atom. The minimum absolute atomic E-state index is 0.00153. The summed E-state index contributed by atoms with van der Waals surface area (Å²) in [6.45, 7) is 1.24. The largest absolute Gasteiger partial charge is 0.447 e. The molecule has 1 aliphatic rings. The van der Waals surface area contributed by atoms with Crippen molar-refractivity contribution in [1.29, 1.82) is 0 Å². The van der Waals surface area contributed by atoms with E-state index in [1.807, 2.05) is 18.2 Å². The maximum Gasteiger partial charge on any atom is 0.409 e. The van der Waals surface area contributed by atoms with Crippen molar-refractivity contribution < 1.29 is 9.53 Å². The summed E-state index contributed by atoms with van der Waals surface area (Å²) in [4.78, 5) is 15.8. The second-order valence-electron chi connectivity index (χ2n) is 7.90. The Morgan fingerprint density at radius 3 is 2.48 bits per heavy atom. The Morgan fingerprint density at radius 1 is 1.03 bits per heavy atom. The molecule has 0 N–H and O–H groups in total. The number of carbonyl (C=O) groups excluding carboxylic acids is 1. The van der Waals surface area contributed by atoms with Gasteiger partial charge in [-0.1, -0.05) is 52.5 Å². The van der Waals surface area contributed by atoms with Crippen LogP contribution in [0.4, 0.5) is 4.79 Å². The third-order valence-electron chi connectivity index (χ3n) is 5.71. The van der Waals surface area contributed by atoms with Crippen LogP contribution in [-0.4, -0.2) is 50.9 Å². The van der Waals surface area contributed by atoms with Gasteiger partial charge < -0.3 is 9.64 Å². The molecule has 1 aromatic heterocycles. The van der Waals surface area contributed by atoms with Gasteiger partial charge in [0.25, 0.3) is 0 Å². The number of aromatic nitrogens is 4. The molecule has 0 aliphatic carbocycles. The molecule has 0 spiro atoms. The molecular formula is C22H21Cl4N5O2. The van der Waals surface area contributed by atoms with Crippen LogP contribution in [0.5, 0.6) is 0 Å². The number of likely N-dealkylation sites (tertiary alicyclic amines) is 1. The van der Waals surface area contributed by atoms with Gasteiger partial charge in [0.2, 0.25) is 0 Å². The number of amides is 1. The van der Waals surface area contributed by atoms with Crippen LogP contribution in [0.15, 0.2) is 42.7 Å². The van der Waals surface area contributed by atoms with Gasteiger partial charge in [-0.25, -0.2) is 4.79 Å². The third-order valence-corrected chi connectivity index (χ3v) is 7.02. The molecule has 174 valence electrons. The lowest BCUT2D eigenvalue weighted by Crippen LogP contribution is -2.40. The lowest BCUT2D eigenvalue weighted by Gasteiger charge is -2.31. The molecule has 1 fully saturated rings. The maximum absolute atomic E-state index is 12.7. The molecule has 0 radical (unpaired) electrons. The van der Waals surface area contributed by atoms with Crippen LogP contribution in [0.1, 0.15) is 30.0 Å². The Hall–Kier alpha value is -2.06. The van der Waals surface area contributed by atoms with E-state index in [1.165, 1.54) is 11.1 Å². The Balaban J connectivity index is 1.34. The smallest absolute Gasteiger partial charge is 0.409 e. The molecular weight excluding hydrogens is 508 g/mol. The quantitative estimate of drug-likeness (QED) is 0.394. The molecule has 2 aromatic carbocycles. The van der Waals surface area contributed by atoms with Gasteiger partial charge in [-0.15, -0.1) is 10.2 Å². The van der Waals surface area contributed by atoms with E-state index in [1.54, 1.807) is 23.1 Å². The topological polar surface area (TPSA) is 73.1 Å². The van der Waals surface area contributed by atoms with Crippen molar-refractivity contribution >= 4 is 52.5 Å². The molecule has 2 heterocycles. The first-order valence-corrected chi connectivity index (χ1v) is 11.9. The summed E-state index contributed by atoms with van der Waals surface area (Å²) in [6.07, 6.45) is 3.58. The van der Waals surface area contributed by atoms with Gasteiger partial charge in [0.15, 0.2) is 6.33 Å². The summed E-state index contributed by atoms with van der Waals surface area (Å²) >= 11 is 24.6. The molecule has 33 heavy (non-hydrogen) atoms. The summed E-state index contributed by atoms with van der Waals surface area (Å²) in [5.74, 6) is 0.462. The number of piperidine rings is 1. The number of carbonyl (C=O) groups is 1. The first kappa shape index (κ1) is 24.1. The van der Waals surface area contributed by atoms with Gasteiger partial charge in [0.1, 0.15) is 12.6 Å². The van der Waals surface area contributed by atoms with Crippen LogP contribution in [0.3, 0.4) is 0 Å². The average Bonchev–Trinajstić information content (AvgIpc) is 3.34. The number of tetrazole rings is 1. The fourth-order valence-corrected chi connectivity index (χ4v) is 4.67. The lowest BCUT2D eigenvalue weighted by molar-refractivity contribution is 0.0775. The maximum atomic E-state index is 12.7. The van der Waals surface area contributed by atoms with E-state index < -0.39 is 6.04 Å². The number of rotatable bonds is 6. The van der Waals surface area contributed by atoms with Crippen LogP contribution in [0.25, 0.3) is 0 Å². The first-order chi connectivity index (χ1) is 15.9. The summed E-state index contributed by atoms with van der Waals surface area (Å²) in [7, 11) is 0. The SMILES string of the molecule is O=C(OCC(c1cc(Cl)ccc1Cl)n1ncnn1)N1CCC(Cc2ccc(Cl)c(Cl)c2)CC1. The highest BCUT2D eigenvalue weighted by Crippen LogP contribution is 2.30. The zero-order chi connectivity index (χ0) is 23.4. The molecule has 1 amide bonds. The summed E-state index contributed by atoms with van der Waals surface area (Å²) in [6, 6.07) is 10.3. The predicted molar refractivity (Wildman–Crippen MR) is 128 cm³/mol. The Kier molecular flexibility index (Phi) is 7.96. The van der Waals surface area contributed by atoms with Crippen LogP contribution in [-0.2, 0) is 11.2 Å². The van der Waals surface area contributed by atoms with E-state index in [-0.39, 0.29) is 12.7 Å². The van der Waals surface area contributed by atoms with Crippen molar-refractivity contribution in [2.24, 2.45) is 5.92 Å². The predicted octanol–water partition coefficient (Wildman–Crippen LogP) is 5.97. The number of hydrogen-bond acceptors (Lipinski definition) is 5. The normalized spacial score (nSPS) is 15.5. The summed E-state index contributed by atoms with van der Waals surface area (Å²) in [5, 5.41) is 13.9. The van der Waals surface area contributed by atoms with Gasteiger partial charge in [-0.2, -0.15) is 4.80 Å². The number of ether oxygens (including phenoxy) is 1. The monoisotopic (exact) mass is 527 g/mol. The molecule has 7 nitrogen and oxygen atoms in total. The highest BCUT2D eigenvalue weighted by atomic mass is 35.5. The molecule has 0 bridgehead atoms. The van der Waals surface area contributed by atoms with E-state index in [0.29, 0.717) is 44.7 Å². The van der Waals surface area contributed by atoms with E-state index in [4.69, 9.17) is 51.1 Å². The molecule has 11 heteroatoms. The zero-order valence-electron chi connectivity index (χ0n) is 17.5. The molecule has 4 rings (SSSR count). The van der Waals surface area contributed by atoms with E-state index in [2.05, 4.69) is 15.4 Å². The Bertz CT molecular complexity index is 1100. The van der Waals surface area contributed by atoms with Crippen LogP contribution < -0.4 is 0 Å². The second kappa shape index (κ2) is 10.9. The number of benzene rings is 2. The number of hydrogen-bond donors (Lipinski definition) is 0. The van der Waals surface area contributed by atoms with Crippen molar-refractivity contribution in [2.45, 2.75) is 25.3 Å². The van der Waals surface area contributed by atoms with Crippen molar-refractivity contribution in [1.82, 2.24) is 25.1 Å². The first-order valence-electron chi connectivity index (χ1n) is 10.4. The van der Waals surface area contributed by atoms with Crippen molar-refractivity contribution in [3.8, 4) is 0 Å². The molecule has 1 atom stereocenters. The zero-order valence-corrected chi connectivity index (χ0v) is 20.5. The number of halogens is 4. The van der Waals surface area contributed by atoms with Crippen LogP contribution in [0.2, 0.25) is 20.1 Å². The third kappa shape index (κ3) is 6.09. The highest BCUT2D eigenvalue weighted by Gasteiger charge is 2.27. The molecule has 1 unspecified atom stereocenters. The standard InChI is InChI=1S/C22H21Cl4N5O2/c23-16-2-4-18(24)17(11-16)21(31-28-13-27-29-31)12-33-22(32)30-7-5-14(6-8-30)9-15-1-3-19(25)20(26)10-15/h1-4,10-11,13-14,21H,5-9,12H2. The summed E-state index contributed by atoms with van der Waals surface area (Å²) < 4.78 is 5.62. The molecule has 3 aromatic rings. The van der Waals surface area contributed by atoms with Crippen LogP contribution in [0, 0.1) is 5.92 Å². The minimum Gasteiger partial charge on any atom is -0.447 e. The van der Waals surface area contributed by atoms with Gasteiger partial charge in [0, 0.05) is 28.7 Å². The van der Waals surface area contributed by atoms with Gasteiger partial charge in [-0.3, -0.25) is 0 Å². The van der Waals surface area contributed by atoms with Crippen molar-refractivity contribution in [2.75, 3.05) is 19.7 Å². The van der Waals surface area contributed by atoms with E-state index in [0.717, 1.165) is 24.8 Å². The fraction of sp³-hybridized carbons (Fsp3) is 0.364. The molecule has 0 saturated carbocycles. The van der Waals surface area contributed by atoms with E-state index in [9.17, 15) is 4.79 Å². The Labute approximate surface area is 211 Å². The minimum atomic E-state index is -0.546. The van der Waals surface area contributed by atoms with Gasteiger partial charge in [-0.05, 0) is 66.3 Å². The van der Waals surface area contributed by atoms with Gasteiger partial charge in [0.05, 0.1) is 10.0 Å². The fourth-order valence-electron chi connectivity index (χ4n) is 3.93. The van der Waals surface area contributed by atoms with Crippen LogP contribution >= 0.6 is 46.4 Å². The average molecular weight is 529 g/mol. The summed E-state index contributed by atoms with van der Waals surface area (Å²) in [5.41, 5.74) is 1.79. The van der Waals surface area contributed by atoms with Crippen molar-refractivity contribution in [3.05, 3.63) is 73.9 Å². The second-order valence-corrected chi connectivity index (χ2v) is 9.56. The molecule has 1 saturated heterocycles. The van der Waals surface area contributed by atoms with Crippen molar-refractivity contribution in [3.63, 3.8) is 0 Å².